The van der Waals surface area contributed by atoms with E-state index >= 15 is 0 Å². The molecular weight excluding hydrogens is 224 g/mol. The van der Waals surface area contributed by atoms with Gasteiger partial charge in [0.15, 0.2) is 5.71 Å². The van der Waals surface area contributed by atoms with Crippen molar-refractivity contribution in [1.29, 1.82) is 0 Å². The van der Waals surface area contributed by atoms with Crippen molar-refractivity contribution in [2.45, 2.75) is 38.0 Å². The predicted octanol–water partition coefficient (Wildman–Crippen LogP) is 2.10. The molecule has 3 heteroatoms. The van der Waals surface area contributed by atoms with E-state index in [1.54, 1.807) is 0 Å². The smallest absolute Gasteiger partial charge is 0.283 e. The summed E-state index contributed by atoms with van der Waals surface area (Å²) in [5, 5.41) is 0. The highest BCUT2D eigenvalue weighted by molar-refractivity contribution is 5.96. The zero-order chi connectivity index (χ0) is 12.8. The highest BCUT2D eigenvalue weighted by atomic mass is 16.1. The lowest BCUT2D eigenvalue weighted by atomic mass is 9.71. The molecule has 2 aliphatic rings. The summed E-state index contributed by atoms with van der Waals surface area (Å²) in [4.78, 5) is 11.3. The van der Waals surface area contributed by atoms with E-state index in [0.717, 1.165) is 6.42 Å². The molecule has 1 aromatic rings. The summed E-state index contributed by atoms with van der Waals surface area (Å²) in [6, 6.07) is 8.43. The Morgan fingerprint density at radius 1 is 1.39 bits per heavy atom. The third-order valence-corrected chi connectivity index (χ3v) is 4.41. The Kier molecular flexibility index (Phi) is 2.51. The van der Waals surface area contributed by atoms with Gasteiger partial charge in [-0.05, 0) is 19.8 Å². The van der Waals surface area contributed by atoms with Crippen LogP contribution in [-0.2, 0) is 10.2 Å². The van der Waals surface area contributed by atoms with E-state index in [4.69, 9.17) is 5.73 Å². The number of benzene rings is 1. The van der Waals surface area contributed by atoms with Crippen LogP contribution in [0.4, 0.5) is 5.69 Å². The van der Waals surface area contributed by atoms with Crippen LogP contribution in [-0.4, -0.2) is 22.7 Å². The van der Waals surface area contributed by atoms with Gasteiger partial charge < -0.3 is 5.73 Å². The number of primary amides is 1. The Balaban J connectivity index is 2.19. The molecule has 18 heavy (non-hydrogen) atoms. The maximum absolute atomic E-state index is 11.3. The van der Waals surface area contributed by atoms with Gasteiger partial charge in [-0.3, -0.25) is 4.79 Å². The van der Waals surface area contributed by atoms with E-state index in [1.807, 2.05) is 6.07 Å². The maximum Gasteiger partial charge on any atom is 0.283 e. The van der Waals surface area contributed by atoms with Crippen LogP contribution in [0.1, 0.15) is 38.2 Å². The molecular formula is C15H19N2O+. The molecule has 1 unspecified atom stereocenters. The molecule has 1 aromatic carbocycles. The zero-order valence-electron chi connectivity index (χ0n) is 10.8. The molecule has 3 rings (SSSR count). The third-order valence-electron chi connectivity index (χ3n) is 4.41. The van der Waals surface area contributed by atoms with E-state index in [-0.39, 0.29) is 11.3 Å². The number of fused-ring (bicyclic) bond motifs is 3. The second-order valence-electron chi connectivity index (χ2n) is 5.56. The number of hydrogen-bond donors (Lipinski definition) is 1. The lowest BCUT2D eigenvalue weighted by Crippen LogP contribution is -2.37. The van der Waals surface area contributed by atoms with Crippen molar-refractivity contribution < 1.29 is 9.37 Å². The summed E-state index contributed by atoms with van der Waals surface area (Å²) < 4.78 is 2.15. The minimum atomic E-state index is -0.257. The molecule has 2 N–H and O–H groups in total. The Bertz CT molecular complexity index is 547. The van der Waals surface area contributed by atoms with Gasteiger partial charge in [0, 0.05) is 18.1 Å². The number of rotatable bonds is 2. The van der Waals surface area contributed by atoms with Crippen LogP contribution in [0.5, 0.6) is 0 Å². The van der Waals surface area contributed by atoms with Gasteiger partial charge in [-0.15, -0.1) is 0 Å². The lowest BCUT2D eigenvalue weighted by Gasteiger charge is -2.27. The highest BCUT2D eigenvalue weighted by Gasteiger charge is 2.49. The minimum absolute atomic E-state index is 0.115. The number of hydrogen-bond acceptors (Lipinski definition) is 1. The van der Waals surface area contributed by atoms with Gasteiger partial charge in [0.05, 0.1) is 5.41 Å². The number of amides is 1. The summed E-state index contributed by atoms with van der Waals surface area (Å²) in [5.41, 5.74) is 9.44. The summed E-state index contributed by atoms with van der Waals surface area (Å²) >= 11 is 0. The molecule has 94 valence electrons. The fraction of sp³-hybridized carbons (Fsp3) is 0.467. The average Bonchev–Trinajstić information content (AvgIpc) is 2.60. The molecule has 1 aliphatic heterocycles. The standard InChI is InChI=1S/C15H18N2O/c1-15-9-5-4-8-13(15)17(10-14(16)18)12-7-3-2-6-11(12)15/h2-3,6-7H,4-5,8-10H2,1H3,(H-,16,18)/p+1. The molecule has 0 bridgehead atoms. The largest absolute Gasteiger partial charge is 0.364 e. The third kappa shape index (κ3) is 1.50. The van der Waals surface area contributed by atoms with Crippen molar-refractivity contribution in [3.05, 3.63) is 29.8 Å². The number of nitrogens with two attached hydrogens (primary N) is 1. The second-order valence-corrected chi connectivity index (χ2v) is 5.56. The van der Waals surface area contributed by atoms with Gasteiger partial charge in [0.2, 0.25) is 12.2 Å². The summed E-state index contributed by atoms with van der Waals surface area (Å²) in [6.07, 6.45) is 4.74. The van der Waals surface area contributed by atoms with Crippen LogP contribution in [0, 0.1) is 0 Å². The van der Waals surface area contributed by atoms with Gasteiger partial charge in [-0.2, -0.15) is 4.58 Å². The van der Waals surface area contributed by atoms with Gasteiger partial charge in [0.1, 0.15) is 0 Å². The monoisotopic (exact) mass is 243 g/mol. The van der Waals surface area contributed by atoms with Crippen molar-refractivity contribution >= 4 is 17.3 Å². The maximum atomic E-state index is 11.3. The Hall–Kier alpha value is -1.64. The molecule has 1 amide bonds. The van der Waals surface area contributed by atoms with E-state index in [1.165, 1.54) is 36.2 Å². The Morgan fingerprint density at radius 3 is 2.94 bits per heavy atom. The molecule has 1 atom stereocenters. The van der Waals surface area contributed by atoms with Crippen LogP contribution >= 0.6 is 0 Å². The van der Waals surface area contributed by atoms with E-state index in [2.05, 4.69) is 29.7 Å². The quantitative estimate of drug-likeness (QED) is 0.794. The van der Waals surface area contributed by atoms with Crippen LogP contribution in [0.15, 0.2) is 24.3 Å². The first kappa shape index (κ1) is 11.5. The predicted molar refractivity (Wildman–Crippen MR) is 71.3 cm³/mol. The molecule has 0 saturated heterocycles. The zero-order valence-corrected chi connectivity index (χ0v) is 10.8. The van der Waals surface area contributed by atoms with E-state index < -0.39 is 0 Å². The second kappa shape index (κ2) is 3.94. The fourth-order valence-corrected chi connectivity index (χ4v) is 3.57. The molecule has 0 radical (unpaired) electrons. The van der Waals surface area contributed by atoms with Gasteiger partial charge in [0.25, 0.3) is 5.91 Å². The topological polar surface area (TPSA) is 46.1 Å². The van der Waals surface area contributed by atoms with Gasteiger partial charge >= 0.3 is 0 Å². The van der Waals surface area contributed by atoms with Crippen LogP contribution in [0.3, 0.4) is 0 Å². The van der Waals surface area contributed by atoms with Crippen LogP contribution < -0.4 is 5.73 Å². The van der Waals surface area contributed by atoms with Crippen molar-refractivity contribution in [3.63, 3.8) is 0 Å². The Labute approximate surface area is 107 Å². The van der Waals surface area contributed by atoms with Crippen molar-refractivity contribution in [1.82, 2.24) is 0 Å². The van der Waals surface area contributed by atoms with Crippen LogP contribution in [0.25, 0.3) is 0 Å². The first-order valence-electron chi connectivity index (χ1n) is 6.64. The van der Waals surface area contributed by atoms with Crippen molar-refractivity contribution in [3.8, 4) is 0 Å². The SMILES string of the molecule is CC12CCCCC1=[N+](CC(N)=O)c1ccccc12. The lowest BCUT2D eigenvalue weighted by molar-refractivity contribution is -0.427. The normalized spacial score (nSPS) is 25.8. The Morgan fingerprint density at radius 2 is 2.17 bits per heavy atom. The molecule has 1 fully saturated rings. The molecule has 3 nitrogen and oxygen atoms in total. The van der Waals surface area contributed by atoms with Crippen molar-refractivity contribution in [2.24, 2.45) is 5.73 Å². The summed E-state index contributed by atoms with van der Waals surface area (Å²) in [7, 11) is 0. The minimum Gasteiger partial charge on any atom is -0.364 e. The molecule has 0 spiro atoms. The molecule has 1 aliphatic carbocycles. The van der Waals surface area contributed by atoms with E-state index in [9.17, 15) is 4.79 Å². The summed E-state index contributed by atoms with van der Waals surface area (Å²) in [6.45, 7) is 2.61. The number of para-hydroxylation sites is 1. The van der Waals surface area contributed by atoms with E-state index in [0.29, 0.717) is 6.54 Å². The van der Waals surface area contributed by atoms with Gasteiger partial charge in [-0.1, -0.05) is 24.6 Å². The number of nitrogens with zero attached hydrogens (tertiary/aromatic N) is 1. The van der Waals surface area contributed by atoms with Gasteiger partial charge in [-0.25, -0.2) is 0 Å². The molecule has 1 heterocycles. The highest BCUT2D eigenvalue weighted by Crippen LogP contribution is 2.46. The summed E-state index contributed by atoms with van der Waals surface area (Å²) in [5.74, 6) is -0.257. The average molecular weight is 243 g/mol. The van der Waals surface area contributed by atoms with Crippen LogP contribution in [0.2, 0.25) is 0 Å². The fourth-order valence-electron chi connectivity index (χ4n) is 3.57. The molecule has 0 aromatic heterocycles. The first-order valence-corrected chi connectivity index (χ1v) is 6.64. The number of carbonyl (C=O) groups is 1. The number of carbonyl (C=O) groups excluding carboxylic acids is 1. The molecule has 1 saturated carbocycles. The first-order chi connectivity index (χ1) is 8.63. The van der Waals surface area contributed by atoms with Crippen molar-refractivity contribution in [2.75, 3.05) is 6.54 Å².